The second-order valence-electron chi connectivity index (χ2n) is 4.81. The highest BCUT2D eigenvalue weighted by molar-refractivity contribution is 5.73. The van der Waals surface area contributed by atoms with Gasteiger partial charge in [0.15, 0.2) is 0 Å². The number of methoxy groups -OCH3 is 1. The van der Waals surface area contributed by atoms with Gasteiger partial charge < -0.3 is 14.8 Å². The molecule has 0 aliphatic rings. The summed E-state index contributed by atoms with van der Waals surface area (Å²) in [7, 11) is 1.37. The SMILES string of the molecule is COC(=O)CCCCC[C@@H](OC(C)=O)[C@H](C)NC(C)=O. The van der Waals surface area contributed by atoms with Crippen LogP contribution in [0.2, 0.25) is 0 Å². The van der Waals surface area contributed by atoms with Crippen molar-refractivity contribution in [3.63, 3.8) is 0 Å². The molecule has 0 spiro atoms. The van der Waals surface area contributed by atoms with Gasteiger partial charge in [-0.3, -0.25) is 14.4 Å². The normalized spacial score (nSPS) is 13.2. The van der Waals surface area contributed by atoms with Gasteiger partial charge in [0.1, 0.15) is 6.10 Å². The Balaban J connectivity index is 4.07. The standard InChI is InChI=1S/C14H25NO5/c1-10(15-11(2)16)13(20-12(3)17)8-6-5-7-9-14(18)19-4/h10,13H,5-9H2,1-4H3,(H,15,16)/t10-,13+/m0/s1. The van der Waals surface area contributed by atoms with Gasteiger partial charge in [-0.1, -0.05) is 6.42 Å². The third-order valence-corrected chi connectivity index (χ3v) is 2.90. The molecule has 0 bridgehead atoms. The van der Waals surface area contributed by atoms with E-state index < -0.39 is 0 Å². The molecule has 0 saturated carbocycles. The monoisotopic (exact) mass is 287 g/mol. The molecule has 0 radical (unpaired) electrons. The zero-order valence-corrected chi connectivity index (χ0v) is 12.7. The maximum atomic E-state index is 11.1. The van der Waals surface area contributed by atoms with Crippen molar-refractivity contribution in [2.75, 3.05) is 7.11 Å². The maximum absolute atomic E-state index is 11.1. The Morgan fingerprint density at radius 2 is 1.75 bits per heavy atom. The van der Waals surface area contributed by atoms with Crippen molar-refractivity contribution in [1.29, 1.82) is 0 Å². The molecule has 0 fully saturated rings. The lowest BCUT2D eigenvalue weighted by atomic mass is 10.0. The number of nitrogens with one attached hydrogen (secondary N) is 1. The molecule has 0 saturated heterocycles. The lowest BCUT2D eigenvalue weighted by Crippen LogP contribution is -2.42. The molecule has 0 aromatic rings. The summed E-state index contributed by atoms with van der Waals surface area (Å²) in [6.07, 6.45) is 3.12. The van der Waals surface area contributed by atoms with Crippen LogP contribution in [0, 0.1) is 0 Å². The minimum atomic E-state index is -0.359. The predicted molar refractivity (Wildman–Crippen MR) is 73.9 cm³/mol. The van der Waals surface area contributed by atoms with Crippen LogP contribution in [0.15, 0.2) is 0 Å². The molecule has 2 atom stereocenters. The predicted octanol–water partition coefficient (Wildman–Crippen LogP) is 1.57. The average molecular weight is 287 g/mol. The molecule has 0 aromatic heterocycles. The first kappa shape index (κ1) is 18.4. The molecule has 1 N–H and O–H groups in total. The Morgan fingerprint density at radius 3 is 2.25 bits per heavy atom. The summed E-state index contributed by atoms with van der Waals surface area (Å²) in [6.45, 7) is 4.59. The highest BCUT2D eigenvalue weighted by Crippen LogP contribution is 2.12. The number of hydrogen-bond donors (Lipinski definition) is 1. The molecule has 1 amide bonds. The van der Waals surface area contributed by atoms with Crippen molar-refractivity contribution in [3.05, 3.63) is 0 Å². The van der Waals surface area contributed by atoms with Crippen molar-refractivity contribution in [3.8, 4) is 0 Å². The van der Waals surface area contributed by atoms with Gasteiger partial charge in [-0.05, 0) is 26.2 Å². The lowest BCUT2D eigenvalue weighted by molar-refractivity contribution is -0.148. The van der Waals surface area contributed by atoms with E-state index >= 15 is 0 Å². The highest BCUT2D eigenvalue weighted by atomic mass is 16.5. The van der Waals surface area contributed by atoms with E-state index in [1.807, 2.05) is 6.92 Å². The van der Waals surface area contributed by atoms with E-state index in [1.165, 1.54) is 21.0 Å². The molecule has 0 rings (SSSR count). The van der Waals surface area contributed by atoms with Crippen molar-refractivity contribution < 1.29 is 23.9 Å². The molecule has 116 valence electrons. The summed E-state index contributed by atoms with van der Waals surface area (Å²) in [5.41, 5.74) is 0. The molecule has 20 heavy (non-hydrogen) atoms. The second-order valence-corrected chi connectivity index (χ2v) is 4.81. The lowest BCUT2D eigenvalue weighted by Gasteiger charge is -2.24. The number of rotatable bonds is 9. The van der Waals surface area contributed by atoms with Crippen LogP contribution in [0.4, 0.5) is 0 Å². The largest absolute Gasteiger partial charge is 0.469 e. The van der Waals surface area contributed by atoms with Crippen LogP contribution in [-0.4, -0.2) is 37.1 Å². The number of amides is 1. The van der Waals surface area contributed by atoms with Gasteiger partial charge in [-0.15, -0.1) is 0 Å². The molecular formula is C14H25NO5. The molecule has 0 heterocycles. The van der Waals surface area contributed by atoms with Crippen molar-refractivity contribution in [2.45, 2.75) is 65.0 Å². The summed E-state index contributed by atoms with van der Waals surface area (Å²) in [6, 6.07) is -0.225. The summed E-state index contributed by atoms with van der Waals surface area (Å²) >= 11 is 0. The van der Waals surface area contributed by atoms with Gasteiger partial charge >= 0.3 is 11.9 Å². The zero-order chi connectivity index (χ0) is 15.5. The Hall–Kier alpha value is -1.59. The topological polar surface area (TPSA) is 81.7 Å². The number of unbranched alkanes of at least 4 members (excludes halogenated alkanes) is 2. The van der Waals surface area contributed by atoms with Crippen LogP contribution in [0.3, 0.4) is 0 Å². The van der Waals surface area contributed by atoms with E-state index in [0.29, 0.717) is 12.8 Å². The quantitative estimate of drug-likeness (QED) is 0.514. The van der Waals surface area contributed by atoms with Crippen LogP contribution in [0.25, 0.3) is 0 Å². The van der Waals surface area contributed by atoms with E-state index in [-0.39, 0.29) is 30.0 Å². The zero-order valence-electron chi connectivity index (χ0n) is 12.7. The number of carbonyl (C=O) groups excluding carboxylic acids is 3. The Kier molecular flexibility index (Phi) is 9.41. The molecule has 0 aliphatic heterocycles. The third kappa shape index (κ3) is 9.35. The third-order valence-electron chi connectivity index (χ3n) is 2.90. The molecule has 0 unspecified atom stereocenters. The van der Waals surface area contributed by atoms with Gasteiger partial charge in [-0.2, -0.15) is 0 Å². The smallest absolute Gasteiger partial charge is 0.305 e. The molecule has 6 nitrogen and oxygen atoms in total. The van der Waals surface area contributed by atoms with Crippen LogP contribution in [-0.2, 0) is 23.9 Å². The van der Waals surface area contributed by atoms with Gasteiger partial charge in [0, 0.05) is 20.3 Å². The molecule has 0 aliphatic carbocycles. The van der Waals surface area contributed by atoms with Gasteiger partial charge in [0.2, 0.25) is 5.91 Å². The average Bonchev–Trinajstić information content (AvgIpc) is 2.35. The number of esters is 2. The summed E-state index contributed by atoms with van der Waals surface area (Å²) < 4.78 is 9.77. The van der Waals surface area contributed by atoms with Crippen molar-refractivity contribution >= 4 is 17.8 Å². The summed E-state index contributed by atoms with van der Waals surface area (Å²) in [4.78, 5) is 33.0. The van der Waals surface area contributed by atoms with E-state index in [2.05, 4.69) is 10.1 Å². The minimum Gasteiger partial charge on any atom is -0.469 e. The van der Waals surface area contributed by atoms with Crippen molar-refractivity contribution in [2.24, 2.45) is 0 Å². The van der Waals surface area contributed by atoms with E-state index in [9.17, 15) is 14.4 Å². The van der Waals surface area contributed by atoms with E-state index in [0.717, 1.165) is 19.3 Å². The summed E-state index contributed by atoms with van der Waals surface area (Å²) in [5.74, 6) is -0.727. The molecule has 0 aromatic carbocycles. The van der Waals surface area contributed by atoms with Crippen LogP contribution >= 0.6 is 0 Å². The van der Waals surface area contributed by atoms with Crippen LogP contribution < -0.4 is 5.32 Å². The maximum Gasteiger partial charge on any atom is 0.305 e. The van der Waals surface area contributed by atoms with Gasteiger partial charge in [0.05, 0.1) is 13.2 Å². The van der Waals surface area contributed by atoms with Crippen LogP contribution in [0.5, 0.6) is 0 Å². The molecular weight excluding hydrogens is 262 g/mol. The number of carbonyl (C=O) groups is 3. The van der Waals surface area contributed by atoms with Gasteiger partial charge in [0.25, 0.3) is 0 Å². The second kappa shape index (κ2) is 10.2. The number of ether oxygens (including phenoxy) is 2. The fourth-order valence-electron chi connectivity index (χ4n) is 1.93. The van der Waals surface area contributed by atoms with Gasteiger partial charge in [-0.25, -0.2) is 0 Å². The Labute approximate surface area is 120 Å². The highest BCUT2D eigenvalue weighted by Gasteiger charge is 2.20. The molecule has 6 heteroatoms. The fraction of sp³-hybridized carbons (Fsp3) is 0.786. The summed E-state index contributed by atoms with van der Waals surface area (Å²) in [5, 5.41) is 2.73. The first-order valence-corrected chi connectivity index (χ1v) is 6.88. The van der Waals surface area contributed by atoms with E-state index in [4.69, 9.17) is 4.74 Å². The fourth-order valence-corrected chi connectivity index (χ4v) is 1.93. The first-order valence-electron chi connectivity index (χ1n) is 6.88. The Bertz CT molecular complexity index is 330. The minimum absolute atomic E-state index is 0.152. The van der Waals surface area contributed by atoms with Crippen LogP contribution in [0.1, 0.15) is 52.9 Å². The first-order chi connectivity index (χ1) is 9.36. The van der Waals surface area contributed by atoms with Crippen molar-refractivity contribution in [1.82, 2.24) is 5.32 Å². The van der Waals surface area contributed by atoms with E-state index in [1.54, 1.807) is 0 Å². The number of hydrogen-bond acceptors (Lipinski definition) is 5. The Morgan fingerprint density at radius 1 is 1.10 bits per heavy atom.